The molecule has 0 spiro atoms. The van der Waals surface area contributed by atoms with Crippen LogP contribution in [0.1, 0.15) is 68.6 Å². The van der Waals surface area contributed by atoms with Gasteiger partial charge in [-0.05, 0) is 98.8 Å². The molecular formula is C55H45NS. The summed E-state index contributed by atoms with van der Waals surface area (Å²) < 4.78 is 2.68. The Hall–Kier alpha value is -5.96. The van der Waals surface area contributed by atoms with Crippen molar-refractivity contribution in [2.24, 2.45) is 0 Å². The van der Waals surface area contributed by atoms with E-state index in [4.69, 9.17) is 0 Å². The molecule has 1 aromatic heterocycles. The number of nitrogens with zero attached hydrogens (tertiary/aromatic N) is 1. The summed E-state index contributed by atoms with van der Waals surface area (Å²) in [7, 11) is 0. The Labute approximate surface area is 339 Å². The number of para-hydroxylation sites is 1. The fourth-order valence-electron chi connectivity index (χ4n) is 10.3. The largest absolute Gasteiger partial charge is 0.309 e. The highest BCUT2D eigenvalue weighted by Gasteiger charge is 2.38. The molecule has 1 heterocycles. The van der Waals surface area contributed by atoms with Crippen LogP contribution in [0.5, 0.6) is 0 Å². The van der Waals surface area contributed by atoms with Gasteiger partial charge in [-0.1, -0.05) is 173 Å². The van der Waals surface area contributed by atoms with Crippen molar-refractivity contribution < 1.29 is 0 Å². The average Bonchev–Trinajstić information content (AvgIpc) is 3.76. The molecule has 2 aliphatic rings. The minimum Gasteiger partial charge on any atom is -0.309 e. The Morgan fingerprint density at radius 2 is 1.14 bits per heavy atom. The van der Waals surface area contributed by atoms with Crippen molar-refractivity contribution >= 4 is 59.3 Å². The molecule has 0 saturated heterocycles. The fourth-order valence-corrected chi connectivity index (χ4v) is 11.6. The third-order valence-electron chi connectivity index (χ3n) is 13.1. The zero-order valence-electron chi connectivity index (χ0n) is 32.6. The summed E-state index contributed by atoms with van der Waals surface area (Å²) in [6.07, 6.45) is 6.53. The zero-order valence-corrected chi connectivity index (χ0v) is 33.5. The lowest BCUT2D eigenvalue weighted by Gasteiger charge is -2.31. The van der Waals surface area contributed by atoms with Gasteiger partial charge in [0.05, 0.1) is 11.4 Å². The van der Waals surface area contributed by atoms with Crippen LogP contribution in [0.3, 0.4) is 0 Å². The van der Waals surface area contributed by atoms with Crippen LogP contribution < -0.4 is 4.90 Å². The topological polar surface area (TPSA) is 3.24 Å². The quantitative estimate of drug-likeness (QED) is 0.164. The van der Waals surface area contributed by atoms with E-state index in [9.17, 15) is 0 Å². The van der Waals surface area contributed by atoms with Crippen LogP contribution in [-0.2, 0) is 5.41 Å². The van der Waals surface area contributed by atoms with Crippen LogP contribution in [-0.4, -0.2) is 0 Å². The molecule has 0 radical (unpaired) electrons. The smallest absolute Gasteiger partial charge is 0.0543 e. The third-order valence-corrected chi connectivity index (χ3v) is 14.3. The molecule has 9 aromatic rings. The van der Waals surface area contributed by atoms with Crippen molar-refractivity contribution in [2.45, 2.75) is 57.3 Å². The SMILES string of the molecule is CC1(C)c2ccccc2-c2c(N(c3ccc(-c4cccc5c4sc4ccccc45)cc3)c3ccccc3-c3cccc4cccc(C5CCCCC5)c34)cccc21. The molecule has 57 heavy (non-hydrogen) atoms. The number of fused-ring (bicyclic) bond motifs is 7. The Morgan fingerprint density at radius 1 is 0.509 bits per heavy atom. The molecule has 0 unspecified atom stereocenters. The number of thiophene rings is 1. The van der Waals surface area contributed by atoms with Gasteiger partial charge in [-0.25, -0.2) is 0 Å². The lowest BCUT2D eigenvalue weighted by atomic mass is 9.80. The van der Waals surface area contributed by atoms with Crippen molar-refractivity contribution in [1.29, 1.82) is 0 Å². The van der Waals surface area contributed by atoms with E-state index in [0.29, 0.717) is 5.92 Å². The molecule has 0 atom stereocenters. The molecule has 0 N–H and O–H groups in total. The number of rotatable bonds is 6. The Balaban J connectivity index is 1.14. The van der Waals surface area contributed by atoms with Gasteiger partial charge >= 0.3 is 0 Å². The van der Waals surface area contributed by atoms with Gasteiger partial charge in [0.15, 0.2) is 0 Å². The minimum absolute atomic E-state index is 0.107. The lowest BCUT2D eigenvalue weighted by Crippen LogP contribution is -2.16. The third kappa shape index (κ3) is 5.49. The van der Waals surface area contributed by atoms with Crippen LogP contribution >= 0.6 is 11.3 Å². The van der Waals surface area contributed by atoms with E-state index in [0.717, 1.165) is 5.69 Å². The molecule has 1 nitrogen and oxygen atoms in total. The van der Waals surface area contributed by atoms with Crippen molar-refractivity contribution in [1.82, 2.24) is 0 Å². The van der Waals surface area contributed by atoms with Crippen LogP contribution in [0.15, 0.2) is 170 Å². The van der Waals surface area contributed by atoms with E-state index in [1.165, 1.54) is 124 Å². The van der Waals surface area contributed by atoms with Gasteiger partial charge < -0.3 is 4.90 Å². The molecule has 2 heteroatoms. The van der Waals surface area contributed by atoms with Crippen molar-refractivity contribution in [3.8, 4) is 33.4 Å². The lowest BCUT2D eigenvalue weighted by molar-refractivity contribution is 0.445. The summed E-state index contributed by atoms with van der Waals surface area (Å²) in [5.41, 5.74) is 15.5. The van der Waals surface area contributed by atoms with Crippen LogP contribution in [0, 0.1) is 0 Å². The maximum atomic E-state index is 2.55. The Morgan fingerprint density at radius 3 is 2.00 bits per heavy atom. The summed E-state index contributed by atoms with van der Waals surface area (Å²) >= 11 is 1.90. The van der Waals surface area contributed by atoms with E-state index in [1.807, 2.05) is 11.3 Å². The second kappa shape index (κ2) is 13.6. The molecule has 276 valence electrons. The number of anilines is 3. The van der Waals surface area contributed by atoms with E-state index in [1.54, 1.807) is 0 Å². The fraction of sp³-hybridized carbons (Fsp3) is 0.164. The maximum Gasteiger partial charge on any atom is 0.0543 e. The molecular weight excluding hydrogens is 707 g/mol. The van der Waals surface area contributed by atoms with Gasteiger partial charge in [0, 0.05) is 42.4 Å². The van der Waals surface area contributed by atoms with E-state index < -0.39 is 0 Å². The summed E-state index contributed by atoms with van der Waals surface area (Å²) in [5.74, 6) is 0.598. The Bertz CT molecular complexity index is 2970. The first-order valence-electron chi connectivity index (χ1n) is 20.7. The highest BCUT2D eigenvalue weighted by molar-refractivity contribution is 7.26. The second-order valence-corrected chi connectivity index (χ2v) is 17.7. The van der Waals surface area contributed by atoms with Crippen molar-refractivity contribution in [2.75, 3.05) is 4.90 Å². The van der Waals surface area contributed by atoms with Gasteiger partial charge in [0.2, 0.25) is 0 Å². The first-order valence-corrected chi connectivity index (χ1v) is 21.5. The second-order valence-electron chi connectivity index (χ2n) is 16.6. The monoisotopic (exact) mass is 751 g/mol. The molecule has 0 aliphatic heterocycles. The first-order chi connectivity index (χ1) is 28.1. The summed E-state index contributed by atoms with van der Waals surface area (Å²) in [4.78, 5) is 2.55. The van der Waals surface area contributed by atoms with Crippen molar-refractivity contribution in [3.05, 3.63) is 187 Å². The van der Waals surface area contributed by atoms with Crippen LogP contribution in [0.2, 0.25) is 0 Å². The van der Waals surface area contributed by atoms with Gasteiger partial charge in [-0.2, -0.15) is 0 Å². The van der Waals surface area contributed by atoms with E-state index in [2.05, 4.69) is 189 Å². The summed E-state index contributed by atoms with van der Waals surface area (Å²) in [6.45, 7) is 4.76. The number of hydrogen-bond acceptors (Lipinski definition) is 2. The highest BCUT2D eigenvalue weighted by Crippen LogP contribution is 2.55. The molecule has 11 rings (SSSR count). The molecule has 2 aliphatic carbocycles. The number of hydrogen-bond donors (Lipinski definition) is 0. The van der Waals surface area contributed by atoms with Gasteiger partial charge in [-0.15, -0.1) is 11.3 Å². The van der Waals surface area contributed by atoms with Gasteiger partial charge in [0.1, 0.15) is 0 Å². The van der Waals surface area contributed by atoms with Gasteiger partial charge in [0.25, 0.3) is 0 Å². The summed E-state index contributed by atoms with van der Waals surface area (Å²) in [5, 5.41) is 5.40. The predicted molar refractivity (Wildman–Crippen MR) is 246 cm³/mol. The molecule has 0 bridgehead atoms. The highest BCUT2D eigenvalue weighted by atomic mass is 32.1. The molecule has 1 fully saturated rings. The first kappa shape index (κ1) is 34.3. The molecule has 8 aromatic carbocycles. The predicted octanol–water partition coefficient (Wildman–Crippen LogP) is 16.4. The normalized spacial score (nSPS) is 14.9. The number of benzene rings is 8. The Kier molecular flexibility index (Phi) is 8.19. The summed E-state index contributed by atoms with van der Waals surface area (Å²) in [6, 6.07) is 64.0. The van der Waals surface area contributed by atoms with E-state index in [-0.39, 0.29) is 5.41 Å². The average molecular weight is 752 g/mol. The van der Waals surface area contributed by atoms with Crippen molar-refractivity contribution in [3.63, 3.8) is 0 Å². The van der Waals surface area contributed by atoms with Crippen LogP contribution in [0.4, 0.5) is 17.1 Å². The maximum absolute atomic E-state index is 2.55. The molecule has 1 saturated carbocycles. The molecule has 0 amide bonds. The van der Waals surface area contributed by atoms with E-state index >= 15 is 0 Å². The van der Waals surface area contributed by atoms with Crippen LogP contribution in [0.25, 0.3) is 64.3 Å². The minimum atomic E-state index is -0.107. The standard InChI is InChI=1S/C55H45NS/c1-55(2)47-27-9-6-22-46(47)53-48(55)28-15-30-50(53)56(39-34-32-37(33-35-39)41-24-14-26-45-43-21-8-11-31-51(43)57-54(41)45)49-29-10-7-20-42(49)44-25-13-19-38-18-12-23-40(52(38)44)36-16-4-3-5-17-36/h6-15,18-36H,3-5,16-17H2,1-2H3. The zero-order chi connectivity index (χ0) is 38.1. The van der Waals surface area contributed by atoms with Gasteiger partial charge in [-0.3, -0.25) is 0 Å².